The van der Waals surface area contributed by atoms with E-state index >= 15 is 0 Å². The summed E-state index contributed by atoms with van der Waals surface area (Å²) in [7, 11) is 0. The molecule has 0 unspecified atom stereocenters. The molecule has 0 aliphatic rings. The van der Waals surface area contributed by atoms with Crippen LogP contribution < -0.4 is 10.6 Å². The summed E-state index contributed by atoms with van der Waals surface area (Å²) in [5.41, 5.74) is -0.727. The van der Waals surface area contributed by atoms with E-state index in [2.05, 4.69) is 20.8 Å². The molecule has 3 aromatic rings. The van der Waals surface area contributed by atoms with Crippen molar-refractivity contribution in [2.24, 2.45) is 0 Å². The standard InChI is InChI=1S/C18H12F4N4O2S2/c19-13-4-2-1-3-12(13)15(28)24-16-25-26-17(30-16)29-9-14(27)23-11-7-5-10(6-8-11)18(20,21)22/h1-8H,9H2,(H,23,27)(H,24,25,28). The molecule has 0 spiro atoms. The van der Waals surface area contributed by atoms with Gasteiger partial charge in [0.15, 0.2) is 4.34 Å². The predicted octanol–water partition coefficient (Wildman–Crippen LogP) is 4.68. The van der Waals surface area contributed by atoms with Crippen molar-refractivity contribution in [2.45, 2.75) is 10.5 Å². The fraction of sp³-hybridized carbons (Fsp3) is 0.111. The van der Waals surface area contributed by atoms with Crippen molar-refractivity contribution in [2.75, 3.05) is 16.4 Å². The first-order valence-electron chi connectivity index (χ1n) is 8.21. The predicted molar refractivity (Wildman–Crippen MR) is 105 cm³/mol. The molecule has 0 saturated carbocycles. The zero-order valence-corrected chi connectivity index (χ0v) is 16.5. The average molecular weight is 456 g/mol. The number of rotatable bonds is 6. The number of hydrogen-bond acceptors (Lipinski definition) is 6. The first-order valence-corrected chi connectivity index (χ1v) is 10.0. The largest absolute Gasteiger partial charge is 0.416 e. The van der Waals surface area contributed by atoms with Crippen molar-refractivity contribution in [1.82, 2.24) is 10.2 Å². The van der Waals surface area contributed by atoms with E-state index in [9.17, 15) is 27.2 Å². The molecule has 1 heterocycles. The SMILES string of the molecule is O=C(CSc1nnc(NC(=O)c2ccccc2F)s1)Nc1ccc(C(F)(F)F)cc1. The van der Waals surface area contributed by atoms with Crippen molar-refractivity contribution in [3.8, 4) is 0 Å². The number of benzene rings is 2. The van der Waals surface area contributed by atoms with Gasteiger partial charge in [-0.05, 0) is 36.4 Å². The van der Waals surface area contributed by atoms with Crippen LogP contribution in [0.15, 0.2) is 52.9 Å². The molecule has 2 N–H and O–H groups in total. The van der Waals surface area contributed by atoms with Gasteiger partial charge in [-0.25, -0.2) is 4.39 Å². The van der Waals surface area contributed by atoms with E-state index in [0.29, 0.717) is 4.34 Å². The first-order chi connectivity index (χ1) is 14.2. The van der Waals surface area contributed by atoms with E-state index in [4.69, 9.17) is 0 Å². The van der Waals surface area contributed by atoms with Gasteiger partial charge in [-0.1, -0.05) is 35.2 Å². The minimum atomic E-state index is -4.45. The topological polar surface area (TPSA) is 84.0 Å². The second kappa shape index (κ2) is 9.22. The number of alkyl halides is 3. The molecule has 3 rings (SSSR count). The van der Waals surface area contributed by atoms with Crippen molar-refractivity contribution in [3.63, 3.8) is 0 Å². The Kier molecular flexibility index (Phi) is 6.67. The number of carbonyl (C=O) groups is 2. The van der Waals surface area contributed by atoms with Crippen LogP contribution in [-0.4, -0.2) is 27.8 Å². The van der Waals surface area contributed by atoms with Crippen molar-refractivity contribution in [3.05, 3.63) is 65.5 Å². The van der Waals surface area contributed by atoms with Gasteiger partial charge in [0.05, 0.1) is 16.9 Å². The molecular formula is C18H12F4N4O2S2. The first kappa shape index (κ1) is 21.7. The Balaban J connectivity index is 1.51. The monoisotopic (exact) mass is 456 g/mol. The molecule has 0 atom stereocenters. The van der Waals surface area contributed by atoms with Gasteiger partial charge in [0.1, 0.15) is 5.82 Å². The minimum Gasteiger partial charge on any atom is -0.325 e. The molecule has 0 bridgehead atoms. The third kappa shape index (κ3) is 5.76. The van der Waals surface area contributed by atoms with Crippen LogP contribution in [0.25, 0.3) is 0 Å². The molecule has 30 heavy (non-hydrogen) atoms. The van der Waals surface area contributed by atoms with Gasteiger partial charge in [-0.2, -0.15) is 13.2 Å². The Morgan fingerprint density at radius 2 is 1.70 bits per heavy atom. The lowest BCUT2D eigenvalue weighted by Crippen LogP contribution is -2.14. The van der Waals surface area contributed by atoms with Crippen LogP contribution >= 0.6 is 23.1 Å². The molecule has 1 aromatic heterocycles. The maximum absolute atomic E-state index is 13.6. The third-order valence-electron chi connectivity index (χ3n) is 3.57. The number of nitrogens with one attached hydrogen (secondary N) is 2. The Bertz CT molecular complexity index is 1050. The Morgan fingerprint density at radius 1 is 1.00 bits per heavy atom. The fourth-order valence-electron chi connectivity index (χ4n) is 2.20. The highest BCUT2D eigenvalue weighted by molar-refractivity contribution is 8.01. The number of nitrogens with zero attached hydrogens (tertiary/aromatic N) is 2. The van der Waals surface area contributed by atoms with E-state index in [1.54, 1.807) is 0 Å². The fourth-order valence-corrected chi connectivity index (χ4v) is 3.74. The summed E-state index contributed by atoms with van der Waals surface area (Å²) >= 11 is 2.03. The van der Waals surface area contributed by atoms with Gasteiger partial charge < -0.3 is 5.32 Å². The summed E-state index contributed by atoms with van der Waals surface area (Å²) in [4.78, 5) is 24.0. The van der Waals surface area contributed by atoms with Crippen molar-refractivity contribution >= 4 is 45.7 Å². The zero-order chi connectivity index (χ0) is 21.7. The van der Waals surface area contributed by atoms with Gasteiger partial charge in [0.25, 0.3) is 5.91 Å². The number of halogens is 4. The van der Waals surface area contributed by atoms with Gasteiger partial charge in [0.2, 0.25) is 11.0 Å². The van der Waals surface area contributed by atoms with Gasteiger partial charge in [-0.3, -0.25) is 14.9 Å². The Labute approximate surface area is 175 Å². The number of amides is 2. The average Bonchev–Trinajstić information content (AvgIpc) is 3.14. The number of aromatic nitrogens is 2. The van der Waals surface area contributed by atoms with Crippen LogP contribution in [0, 0.1) is 5.82 Å². The molecule has 0 fully saturated rings. The highest BCUT2D eigenvalue weighted by Crippen LogP contribution is 2.30. The Hall–Kier alpha value is -2.99. The number of anilines is 2. The molecular weight excluding hydrogens is 444 g/mol. The highest BCUT2D eigenvalue weighted by Gasteiger charge is 2.30. The third-order valence-corrected chi connectivity index (χ3v) is 5.54. The van der Waals surface area contributed by atoms with Gasteiger partial charge in [0, 0.05) is 5.69 Å². The lowest BCUT2D eigenvalue weighted by atomic mass is 10.2. The molecule has 156 valence electrons. The quantitative estimate of drug-likeness (QED) is 0.320. The van der Waals surface area contributed by atoms with Crippen LogP contribution in [0.5, 0.6) is 0 Å². The number of carbonyl (C=O) groups excluding carboxylic acids is 2. The van der Waals surface area contributed by atoms with E-state index in [1.807, 2.05) is 0 Å². The minimum absolute atomic E-state index is 0.0725. The molecule has 0 aliphatic carbocycles. The highest BCUT2D eigenvalue weighted by atomic mass is 32.2. The van der Waals surface area contributed by atoms with E-state index in [-0.39, 0.29) is 22.1 Å². The molecule has 2 amide bonds. The molecule has 0 radical (unpaired) electrons. The summed E-state index contributed by atoms with van der Waals surface area (Å²) in [6, 6.07) is 9.53. The summed E-state index contributed by atoms with van der Waals surface area (Å²) in [5.74, 6) is -1.88. The second-order valence-corrected chi connectivity index (χ2v) is 7.92. The molecule has 0 saturated heterocycles. The maximum Gasteiger partial charge on any atom is 0.416 e. The van der Waals surface area contributed by atoms with Crippen molar-refractivity contribution in [1.29, 1.82) is 0 Å². The summed E-state index contributed by atoms with van der Waals surface area (Å²) in [6.45, 7) is 0. The smallest absolute Gasteiger partial charge is 0.325 e. The second-order valence-electron chi connectivity index (χ2n) is 5.72. The van der Waals surface area contributed by atoms with Gasteiger partial charge in [-0.15, -0.1) is 10.2 Å². The summed E-state index contributed by atoms with van der Waals surface area (Å²) < 4.78 is 51.6. The van der Waals surface area contributed by atoms with E-state index < -0.39 is 29.4 Å². The lowest BCUT2D eigenvalue weighted by molar-refractivity contribution is -0.137. The normalized spacial score (nSPS) is 11.2. The van der Waals surface area contributed by atoms with Crippen LogP contribution in [0.3, 0.4) is 0 Å². The molecule has 6 nitrogen and oxygen atoms in total. The van der Waals surface area contributed by atoms with E-state index in [1.165, 1.54) is 18.2 Å². The van der Waals surface area contributed by atoms with E-state index in [0.717, 1.165) is 53.4 Å². The molecule has 0 aliphatic heterocycles. The molecule has 2 aromatic carbocycles. The molecule has 12 heteroatoms. The lowest BCUT2D eigenvalue weighted by Gasteiger charge is -2.08. The summed E-state index contributed by atoms with van der Waals surface area (Å²) in [5, 5.41) is 12.6. The van der Waals surface area contributed by atoms with Crippen LogP contribution in [0.2, 0.25) is 0 Å². The number of hydrogen-bond donors (Lipinski definition) is 2. The van der Waals surface area contributed by atoms with Crippen LogP contribution in [0.4, 0.5) is 28.4 Å². The maximum atomic E-state index is 13.6. The van der Waals surface area contributed by atoms with Crippen LogP contribution in [0.1, 0.15) is 15.9 Å². The number of thioether (sulfide) groups is 1. The zero-order valence-electron chi connectivity index (χ0n) is 14.9. The van der Waals surface area contributed by atoms with Crippen molar-refractivity contribution < 1.29 is 27.2 Å². The summed E-state index contributed by atoms with van der Waals surface area (Å²) in [6.07, 6.45) is -4.45. The Morgan fingerprint density at radius 3 is 2.37 bits per heavy atom. The van der Waals surface area contributed by atoms with Crippen LogP contribution in [-0.2, 0) is 11.0 Å². The van der Waals surface area contributed by atoms with Gasteiger partial charge >= 0.3 is 6.18 Å².